The number of hydrogen-bond donors (Lipinski definition) is 1. The second-order valence-electron chi connectivity index (χ2n) is 6.41. The van der Waals surface area contributed by atoms with E-state index in [-0.39, 0.29) is 18.1 Å². The van der Waals surface area contributed by atoms with E-state index in [0.717, 1.165) is 0 Å². The number of ether oxygens (including phenoxy) is 2. The summed E-state index contributed by atoms with van der Waals surface area (Å²) in [4.78, 5) is 24.7. The number of amides is 1. The number of carbonyl (C=O) groups is 2. The predicted octanol–water partition coefficient (Wildman–Crippen LogP) is 1.34. The zero-order chi connectivity index (χ0) is 14.3. The van der Waals surface area contributed by atoms with Crippen molar-refractivity contribution in [1.82, 2.24) is 4.90 Å². The third-order valence-corrected chi connectivity index (χ3v) is 3.73. The Morgan fingerprint density at radius 1 is 1.37 bits per heavy atom. The zero-order valence-electron chi connectivity index (χ0n) is 11.6. The van der Waals surface area contributed by atoms with Gasteiger partial charge >= 0.3 is 12.1 Å². The van der Waals surface area contributed by atoms with E-state index in [1.807, 2.05) is 20.8 Å². The Balaban J connectivity index is 1.96. The fourth-order valence-electron chi connectivity index (χ4n) is 2.71. The number of hydrogen-bond acceptors (Lipinski definition) is 4. The third kappa shape index (κ3) is 2.83. The van der Waals surface area contributed by atoms with Crippen LogP contribution in [0.1, 0.15) is 27.2 Å². The van der Waals surface area contributed by atoms with Gasteiger partial charge in [0.25, 0.3) is 0 Å². The molecule has 2 heterocycles. The molecular formula is C13H21NO5. The normalized spacial score (nSPS) is 25.8. The number of carboxylic acids is 1. The zero-order valence-corrected chi connectivity index (χ0v) is 11.6. The van der Waals surface area contributed by atoms with Crippen LogP contribution in [0.5, 0.6) is 0 Å². The minimum atomic E-state index is -0.844. The van der Waals surface area contributed by atoms with Gasteiger partial charge in [-0.15, -0.1) is 0 Å². The quantitative estimate of drug-likeness (QED) is 0.779. The summed E-state index contributed by atoms with van der Waals surface area (Å²) in [5.74, 6) is -1.37. The van der Waals surface area contributed by atoms with Crippen molar-refractivity contribution in [2.24, 2.45) is 11.3 Å². The lowest BCUT2D eigenvalue weighted by Gasteiger charge is -2.54. The molecule has 0 aromatic heterocycles. The van der Waals surface area contributed by atoms with Gasteiger partial charge in [-0.05, 0) is 27.2 Å². The van der Waals surface area contributed by atoms with Crippen molar-refractivity contribution < 1.29 is 24.2 Å². The minimum Gasteiger partial charge on any atom is -0.481 e. The van der Waals surface area contributed by atoms with Crippen molar-refractivity contribution in [3.05, 3.63) is 0 Å². The van der Waals surface area contributed by atoms with Gasteiger partial charge in [-0.3, -0.25) is 4.79 Å². The summed E-state index contributed by atoms with van der Waals surface area (Å²) in [5.41, 5.74) is -0.858. The molecule has 0 bridgehead atoms. The Morgan fingerprint density at radius 2 is 2.00 bits per heavy atom. The molecule has 0 aromatic rings. The van der Waals surface area contributed by atoms with Crippen LogP contribution in [0.4, 0.5) is 4.79 Å². The molecule has 0 aliphatic carbocycles. The summed E-state index contributed by atoms with van der Waals surface area (Å²) in [7, 11) is 0. The Kier molecular flexibility index (Phi) is 3.47. The molecule has 2 aliphatic rings. The van der Waals surface area contributed by atoms with Crippen LogP contribution in [0.3, 0.4) is 0 Å². The molecule has 2 saturated heterocycles. The molecule has 6 heteroatoms. The lowest BCUT2D eigenvalue weighted by atomic mass is 9.66. The standard InChI is InChI=1S/C13H21NO5/c1-12(2,3)19-11(17)14-7-13(8-14)4-5-18-6-9(13)10(15)16/h9H,4-8H2,1-3H3,(H,15,16). The number of rotatable bonds is 1. The van der Waals surface area contributed by atoms with E-state index in [2.05, 4.69) is 0 Å². The van der Waals surface area contributed by atoms with E-state index >= 15 is 0 Å². The van der Waals surface area contributed by atoms with E-state index in [1.165, 1.54) is 0 Å². The highest BCUT2D eigenvalue weighted by Gasteiger charge is 2.55. The van der Waals surface area contributed by atoms with Crippen LogP contribution in [-0.4, -0.2) is 54.0 Å². The average Bonchev–Trinajstić information content (AvgIpc) is 2.23. The molecular weight excluding hydrogens is 250 g/mol. The monoisotopic (exact) mass is 271 g/mol. The summed E-state index contributed by atoms with van der Waals surface area (Å²) in [6.45, 7) is 7.13. The highest BCUT2D eigenvalue weighted by molar-refractivity contribution is 5.74. The second-order valence-corrected chi connectivity index (χ2v) is 6.41. The van der Waals surface area contributed by atoms with Gasteiger partial charge in [0, 0.05) is 25.1 Å². The molecule has 2 rings (SSSR count). The maximum Gasteiger partial charge on any atom is 0.410 e. The first-order valence-corrected chi connectivity index (χ1v) is 6.52. The Hall–Kier alpha value is -1.30. The number of likely N-dealkylation sites (tertiary alicyclic amines) is 1. The van der Waals surface area contributed by atoms with Crippen LogP contribution in [0, 0.1) is 11.3 Å². The lowest BCUT2D eigenvalue weighted by Crippen LogP contribution is -2.65. The highest BCUT2D eigenvalue weighted by Crippen LogP contribution is 2.44. The molecule has 19 heavy (non-hydrogen) atoms. The van der Waals surface area contributed by atoms with Gasteiger partial charge in [0.05, 0.1) is 12.5 Å². The van der Waals surface area contributed by atoms with Crippen LogP contribution >= 0.6 is 0 Å². The number of carboxylic acid groups (broad SMARTS) is 1. The smallest absolute Gasteiger partial charge is 0.410 e. The largest absolute Gasteiger partial charge is 0.481 e. The van der Waals surface area contributed by atoms with Gasteiger partial charge in [0.2, 0.25) is 0 Å². The van der Waals surface area contributed by atoms with Gasteiger partial charge < -0.3 is 19.5 Å². The van der Waals surface area contributed by atoms with Crippen molar-refractivity contribution in [3.63, 3.8) is 0 Å². The van der Waals surface area contributed by atoms with E-state index in [9.17, 15) is 14.7 Å². The summed E-state index contributed by atoms with van der Waals surface area (Å²) < 4.78 is 10.5. The first-order valence-electron chi connectivity index (χ1n) is 6.52. The van der Waals surface area contributed by atoms with Crippen LogP contribution in [-0.2, 0) is 14.3 Å². The lowest BCUT2D eigenvalue weighted by molar-refractivity contribution is -0.170. The Labute approximate surface area is 112 Å². The first-order chi connectivity index (χ1) is 8.73. The van der Waals surface area contributed by atoms with Crippen LogP contribution < -0.4 is 0 Å². The van der Waals surface area contributed by atoms with E-state index in [0.29, 0.717) is 26.1 Å². The first kappa shape index (κ1) is 14.1. The number of carbonyl (C=O) groups excluding carboxylic acids is 1. The highest BCUT2D eigenvalue weighted by atomic mass is 16.6. The summed E-state index contributed by atoms with van der Waals surface area (Å²) >= 11 is 0. The molecule has 6 nitrogen and oxygen atoms in total. The minimum absolute atomic E-state index is 0.234. The SMILES string of the molecule is CC(C)(C)OC(=O)N1CC2(CCOCC2C(=O)O)C1. The van der Waals surface area contributed by atoms with E-state index < -0.39 is 17.5 Å². The van der Waals surface area contributed by atoms with Crippen LogP contribution in [0.25, 0.3) is 0 Å². The number of aliphatic carboxylic acids is 1. The average molecular weight is 271 g/mol. The summed E-state index contributed by atoms with van der Waals surface area (Å²) in [6.07, 6.45) is 0.317. The van der Waals surface area contributed by atoms with Gasteiger partial charge in [0.15, 0.2) is 0 Å². The fraction of sp³-hybridized carbons (Fsp3) is 0.846. The van der Waals surface area contributed by atoms with Crippen LogP contribution in [0.15, 0.2) is 0 Å². The van der Waals surface area contributed by atoms with Gasteiger partial charge in [-0.2, -0.15) is 0 Å². The molecule has 2 aliphatic heterocycles. The predicted molar refractivity (Wildman–Crippen MR) is 66.8 cm³/mol. The molecule has 0 radical (unpaired) electrons. The van der Waals surface area contributed by atoms with E-state index in [4.69, 9.17) is 9.47 Å². The van der Waals surface area contributed by atoms with Crippen molar-refractivity contribution in [3.8, 4) is 0 Å². The molecule has 1 spiro atoms. The van der Waals surface area contributed by atoms with Gasteiger partial charge in [0.1, 0.15) is 5.60 Å². The summed E-state index contributed by atoms with van der Waals surface area (Å²) in [6, 6.07) is 0. The number of nitrogens with zero attached hydrogens (tertiary/aromatic N) is 1. The van der Waals surface area contributed by atoms with Crippen molar-refractivity contribution in [2.75, 3.05) is 26.3 Å². The molecule has 1 atom stereocenters. The van der Waals surface area contributed by atoms with Crippen molar-refractivity contribution in [1.29, 1.82) is 0 Å². The topological polar surface area (TPSA) is 76.1 Å². The molecule has 1 amide bonds. The molecule has 0 aromatic carbocycles. The maximum absolute atomic E-state index is 11.9. The molecule has 1 N–H and O–H groups in total. The Bertz CT molecular complexity index is 381. The molecule has 1 unspecified atom stereocenters. The van der Waals surface area contributed by atoms with E-state index in [1.54, 1.807) is 4.90 Å². The molecule has 2 fully saturated rings. The van der Waals surface area contributed by atoms with Crippen molar-refractivity contribution in [2.45, 2.75) is 32.8 Å². The van der Waals surface area contributed by atoms with Crippen LogP contribution in [0.2, 0.25) is 0 Å². The third-order valence-electron chi connectivity index (χ3n) is 3.73. The second kappa shape index (κ2) is 4.67. The summed E-state index contributed by atoms with van der Waals surface area (Å²) in [5, 5.41) is 9.24. The fourth-order valence-corrected chi connectivity index (χ4v) is 2.71. The Morgan fingerprint density at radius 3 is 2.53 bits per heavy atom. The van der Waals surface area contributed by atoms with Gasteiger partial charge in [-0.1, -0.05) is 0 Å². The molecule has 108 valence electrons. The van der Waals surface area contributed by atoms with Crippen molar-refractivity contribution >= 4 is 12.1 Å². The maximum atomic E-state index is 11.9. The van der Waals surface area contributed by atoms with Gasteiger partial charge in [-0.25, -0.2) is 4.79 Å². The molecule has 0 saturated carbocycles.